The van der Waals surface area contributed by atoms with E-state index >= 15 is 0 Å². The normalized spacial score (nSPS) is 13.0. The van der Waals surface area contributed by atoms with Crippen molar-refractivity contribution in [2.24, 2.45) is 0 Å². The number of benzene rings is 1. The van der Waals surface area contributed by atoms with Gasteiger partial charge in [0, 0.05) is 0 Å². The van der Waals surface area contributed by atoms with Crippen molar-refractivity contribution < 1.29 is 32.0 Å². The van der Waals surface area contributed by atoms with Crippen LogP contribution in [-0.2, 0) is 12.7 Å². The Bertz CT molecular complexity index is 1050. The third-order valence-electron chi connectivity index (χ3n) is 4.03. The molecule has 0 aliphatic rings. The predicted octanol–water partition coefficient (Wildman–Crippen LogP) is 4.60. The molecule has 0 bridgehead atoms. The van der Waals surface area contributed by atoms with E-state index in [0.717, 1.165) is 19.2 Å². The predicted molar refractivity (Wildman–Crippen MR) is 94.8 cm³/mol. The number of aliphatic hydroxyl groups is 1. The molecule has 0 amide bonds. The Labute approximate surface area is 166 Å². The summed E-state index contributed by atoms with van der Waals surface area (Å²) in [6.07, 6.45) is -5.14. The molecule has 29 heavy (non-hydrogen) atoms. The molecule has 0 saturated heterocycles. The molecular weight excluding hydrogens is 418 g/mol. The Morgan fingerprint density at radius 3 is 2.62 bits per heavy atom. The summed E-state index contributed by atoms with van der Waals surface area (Å²) in [4.78, 5) is 12.2. The highest BCUT2D eigenvalue weighted by atomic mass is 35.5. The zero-order chi connectivity index (χ0) is 21.5. The van der Waals surface area contributed by atoms with Crippen molar-refractivity contribution >= 4 is 17.4 Å². The molecule has 0 aliphatic carbocycles. The average Bonchev–Trinajstić information content (AvgIpc) is 3.17. The highest BCUT2D eigenvalue weighted by Gasteiger charge is 2.41. The molecule has 3 rings (SSSR count). The number of hydrogen-bond acceptors (Lipinski definition) is 5. The minimum absolute atomic E-state index is 0.0896. The number of carbonyl (C=O) groups excluding carboxylic acids is 1. The summed E-state index contributed by atoms with van der Waals surface area (Å²) < 4.78 is 61.0. The molecule has 0 unspecified atom stereocenters. The summed E-state index contributed by atoms with van der Waals surface area (Å²) in [7, 11) is 0. The maximum absolute atomic E-state index is 14.3. The van der Waals surface area contributed by atoms with Gasteiger partial charge in [-0.25, -0.2) is 4.39 Å². The van der Waals surface area contributed by atoms with E-state index in [4.69, 9.17) is 16.1 Å². The van der Waals surface area contributed by atoms with Gasteiger partial charge < -0.3 is 9.63 Å². The van der Waals surface area contributed by atoms with Crippen LogP contribution < -0.4 is 0 Å². The van der Waals surface area contributed by atoms with E-state index < -0.39 is 47.4 Å². The smallest absolute Gasteiger partial charge is 0.391 e. The van der Waals surface area contributed by atoms with Gasteiger partial charge in [0.15, 0.2) is 17.2 Å². The first-order valence-corrected chi connectivity index (χ1v) is 8.66. The monoisotopic (exact) mass is 431 g/mol. The number of hydrogen-bond donors (Lipinski definition) is 1. The fourth-order valence-electron chi connectivity index (χ4n) is 2.93. The van der Waals surface area contributed by atoms with Crippen molar-refractivity contribution in [3.05, 3.63) is 46.5 Å². The topological polar surface area (TPSA) is 81.2 Å². The molecule has 0 spiro atoms. The van der Waals surface area contributed by atoms with Gasteiger partial charge in [-0.3, -0.25) is 9.48 Å². The third-order valence-corrected chi connectivity index (χ3v) is 4.35. The lowest BCUT2D eigenvalue weighted by Crippen LogP contribution is -2.21. The molecule has 154 valence electrons. The summed E-state index contributed by atoms with van der Waals surface area (Å²) in [5.74, 6) is -2.04. The maximum Gasteiger partial charge on any atom is 0.433 e. The maximum atomic E-state index is 14.3. The number of nitrogens with zero attached hydrogens (tertiary/aromatic N) is 3. The number of aromatic nitrogens is 3. The van der Waals surface area contributed by atoms with Crippen LogP contribution in [0.3, 0.4) is 0 Å². The average molecular weight is 432 g/mol. The van der Waals surface area contributed by atoms with Crippen LogP contribution in [0.4, 0.5) is 17.6 Å². The molecule has 0 radical (unpaired) electrons. The van der Waals surface area contributed by atoms with Crippen LogP contribution in [0.15, 0.2) is 28.9 Å². The van der Waals surface area contributed by atoms with Crippen molar-refractivity contribution in [2.45, 2.75) is 32.7 Å². The van der Waals surface area contributed by atoms with Crippen molar-refractivity contribution in [1.29, 1.82) is 0 Å². The molecular formula is C18H14ClF4N3O3. The van der Waals surface area contributed by atoms with Gasteiger partial charge in [-0.2, -0.15) is 18.3 Å². The number of Topliss-reactive ketones (excluding diaryl/α,β-unsaturated/α-hetero) is 1. The molecule has 2 aromatic heterocycles. The molecule has 0 saturated carbocycles. The van der Waals surface area contributed by atoms with Crippen LogP contribution in [0, 0.1) is 5.82 Å². The van der Waals surface area contributed by atoms with Gasteiger partial charge in [-0.1, -0.05) is 22.8 Å². The van der Waals surface area contributed by atoms with Crippen LogP contribution in [0.1, 0.15) is 29.9 Å². The number of ketones is 1. The van der Waals surface area contributed by atoms with E-state index in [1.54, 1.807) is 0 Å². The number of alkyl halides is 3. The van der Waals surface area contributed by atoms with E-state index in [0.29, 0.717) is 4.68 Å². The van der Waals surface area contributed by atoms with Gasteiger partial charge in [0.05, 0.1) is 40.6 Å². The zero-order valence-corrected chi connectivity index (χ0v) is 15.8. The van der Waals surface area contributed by atoms with Crippen LogP contribution in [-0.4, -0.2) is 31.9 Å². The lowest BCUT2D eigenvalue weighted by molar-refractivity contribution is -0.144. The number of rotatable bonds is 5. The van der Waals surface area contributed by atoms with Gasteiger partial charge >= 0.3 is 6.18 Å². The van der Waals surface area contributed by atoms with Crippen LogP contribution >= 0.6 is 11.6 Å². The van der Waals surface area contributed by atoms with Crippen molar-refractivity contribution in [3.63, 3.8) is 0 Å². The second-order valence-corrected chi connectivity index (χ2v) is 6.73. The van der Waals surface area contributed by atoms with E-state index in [9.17, 15) is 27.5 Å². The molecule has 11 heteroatoms. The minimum atomic E-state index is -4.88. The molecule has 1 atom stereocenters. The van der Waals surface area contributed by atoms with Crippen LogP contribution in [0.5, 0.6) is 0 Å². The Morgan fingerprint density at radius 2 is 2.07 bits per heavy atom. The molecule has 6 nitrogen and oxygen atoms in total. The van der Waals surface area contributed by atoms with Crippen molar-refractivity contribution in [3.8, 4) is 22.6 Å². The van der Waals surface area contributed by atoms with Crippen LogP contribution in [0.2, 0.25) is 5.02 Å². The largest absolute Gasteiger partial charge is 0.433 e. The van der Waals surface area contributed by atoms with Crippen molar-refractivity contribution in [2.75, 3.05) is 0 Å². The van der Waals surface area contributed by atoms with E-state index in [2.05, 4.69) is 10.3 Å². The number of carbonyl (C=O) groups is 1. The fraction of sp³-hybridized carbons (Fsp3) is 0.278. The SMILES string of the molecule is CC(=O)c1c(-c2c(F)cccc2Cl)noc1-c1cnn(C[C@@H](C)O)c1C(F)(F)F. The molecule has 0 aliphatic heterocycles. The van der Waals surface area contributed by atoms with E-state index in [1.807, 2.05) is 0 Å². The Balaban J connectivity index is 2.28. The molecule has 3 aromatic rings. The zero-order valence-electron chi connectivity index (χ0n) is 15.1. The van der Waals surface area contributed by atoms with Gasteiger partial charge in [0.1, 0.15) is 11.5 Å². The van der Waals surface area contributed by atoms with E-state index in [1.165, 1.54) is 19.1 Å². The molecule has 0 fully saturated rings. The summed E-state index contributed by atoms with van der Waals surface area (Å²) in [5, 5.41) is 16.6. The number of halogens is 5. The van der Waals surface area contributed by atoms with Gasteiger partial charge in [0.2, 0.25) is 0 Å². The summed E-state index contributed by atoms with van der Waals surface area (Å²) in [6.45, 7) is 1.95. The summed E-state index contributed by atoms with van der Waals surface area (Å²) in [5.41, 5.74) is -2.73. The highest BCUT2D eigenvalue weighted by molar-refractivity contribution is 6.33. The third kappa shape index (κ3) is 3.90. The van der Waals surface area contributed by atoms with Crippen LogP contribution in [0.25, 0.3) is 22.6 Å². The molecule has 1 aromatic carbocycles. The fourth-order valence-corrected chi connectivity index (χ4v) is 3.19. The Morgan fingerprint density at radius 1 is 1.38 bits per heavy atom. The van der Waals surface area contributed by atoms with E-state index in [-0.39, 0.29) is 21.8 Å². The van der Waals surface area contributed by atoms with Crippen molar-refractivity contribution in [1.82, 2.24) is 14.9 Å². The first kappa shape index (κ1) is 21.0. The molecule has 1 N–H and O–H groups in total. The standard InChI is InChI=1S/C18H14ClF4N3O3/c1-8(27)7-26-17(18(21,22)23)10(6-24-26)16-13(9(2)28)15(25-29-16)14-11(19)4-3-5-12(14)20/h3-6,8,27H,7H2,1-2H3/t8-/m1/s1. The summed E-state index contributed by atoms with van der Waals surface area (Å²) in [6, 6.07) is 3.75. The highest BCUT2D eigenvalue weighted by Crippen LogP contribution is 2.42. The van der Waals surface area contributed by atoms with Gasteiger partial charge in [-0.15, -0.1) is 0 Å². The second kappa shape index (κ2) is 7.60. The Hall–Kier alpha value is -2.72. The molecule has 2 heterocycles. The number of aliphatic hydroxyl groups excluding tert-OH is 1. The first-order valence-electron chi connectivity index (χ1n) is 8.28. The van der Waals surface area contributed by atoms with Gasteiger partial charge in [0.25, 0.3) is 0 Å². The second-order valence-electron chi connectivity index (χ2n) is 6.32. The quantitative estimate of drug-likeness (QED) is 0.471. The minimum Gasteiger partial charge on any atom is -0.391 e. The Kier molecular flexibility index (Phi) is 5.50. The lowest BCUT2D eigenvalue weighted by atomic mass is 9.99. The first-order chi connectivity index (χ1) is 13.5. The summed E-state index contributed by atoms with van der Waals surface area (Å²) >= 11 is 6.00. The lowest BCUT2D eigenvalue weighted by Gasteiger charge is -2.13. The van der Waals surface area contributed by atoms with Gasteiger partial charge in [-0.05, 0) is 26.0 Å².